The highest BCUT2D eigenvalue weighted by Gasteiger charge is 2.12. The van der Waals surface area contributed by atoms with Crippen molar-refractivity contribution >= 4 is 10.0 Å². The number of hydrogen-bond acceptors (Lipinski definition) is 3. The second-order valence-electron chi connectivity index (χ2n) is 3.18. The van der Waals surface area contributed by atoms with Crippen molar-refractivity contribution in [2.75, 3.05) is 6.26 Å². The van der Waals surface area contributed by atoms with Gasteiger partial charge in [-0.05, 0) is 0 Å². The average molecular weight is 222 g/mol. The molecule has 0 atom stereocenters. The quantitative estimate of drug-likeness (QED) is 0.770. The molecular weight excluding hydrogens is 212 g/mol. The summed E-state index contributed by atoms with van der Waals surface area (Å²) in [6.07, 6.45) is 4.07. The maximum absolute atomic E-state index is 11.4. The summed E-state index contributed by atoms with van der Waals surface area (Å²) in [5.74, 6) is 0.443. The number of rotatable bonds is 2. The molecule has 0 unspecified atom stereocenters. The van der Waals surface area contributed by atoms with Gasteiger partial charge in [-0.1, -0.05) is 30.3 Å². The van der Waals surface area contributed by atoms with Gasteiger partial charge in [-0.25, -0.2) is 17.4 Å². The Bertz CT molecular complexity index is 558. The van der Waals surface area contributed by atoms with E-state index in [9.17, 15) is 8.42 Å². The van der Waals surface area contributed by atoms with Gasteiger partial charge in [-0.3, -0.25) is 0 Å². The molecule has 78 valence electrons. The van der Waals surface area contributed by atoms with Gasteiger partial charge in [0.15, 0.2) is 5.82 Å². The lowest BCUT2D eigenvalue weighted by Gasteiger charge is -2.04. The van der Waals surface area contributed by atoms with Crippen molar-refractivity contribution in [2.45, 2.75) is 0 Å². The lowest BCUT2D eigenvalue weighted by Crippen LogP contribution is -2.10. The Morgan fingerprint density at radius 3 is 2.47 bits per heavy atom. The molecule has 1 heterocycles. The van der Waals surface area contributed by atoms with E-state index in [0.717, 1.165) is 11.8 Å². The van der Waals surface area contributed by atoms with Crippen molar-refractivity contribution in [3.63, 3.8) is 0 Å². The molecule has 0 bridgehead atoms. The zero-order valence-electron chi connectivity index (χ0n) is 8.16. The predicted octanol–water partition coefficient (Wildman–Crippen LogP) is 1.36. The van der Waals surface area contributed by atoms with Crippen LogP contribution in [-0.4, -0.2) is 23.6 Å². The summed E-state index contributed by atoms with van der Waals surface area (Å²) >= 11 is 0. The SMILES string of the molecule is CS(=O)(=O)n1ccnc1-c1ccccc1. The molecular formula is C10H10N2O2S. The Labute approximate surface area is 88.3 Å². The number of imidazole rings is 1. The van der Waals surface area contributed by atoms with Crippen LogP contribution in [0.3, 0.4) is 0 Å². The van der Waals surface area contributed by atoms with E-state index in [4.69, 9.17) is 0 Å². The predicted molar refractivity (Wildman–Crippen MR) is 57.9 cm³/mol. The van der Waals surface area contributed by atoms with Gasteiger partial charge in [0.25, 0.3) is 0 Å². The third-order valence-electron chi connectivity index (χ3n) is 2.00. The van der Waals surface area contributed by atoms with E-state index >= 15 is 0 Å². The molecule has 0 amide bonds. The second-order valence-corrected chi connectivity index (χ2v) is 5.04. The average Bonchev–Trinajstić information content (AvgIpc) is 2.67. The van der Waals surface area contributed by atoms with Gasteiger partial charge in [-0.2, -0.15) is 0 Å². The Balaban J connectivity index is 2.61. The van der Waals surface area contributed by atoms with Crippen molar-refractivity contribution in [1.82, 2.24) is 8.96 Å². The summed E-state index contributed by atoms with van der Waals surface area (Å²) in [6, 6.07) is 9.21. The third kappa shape index (κ3) is 1.92. The van der Waals surface area contributed by atoms with E-state index in [-0.39, 0.29) is 0 Å². The lowest BCUT2D eigenvalue weighted by molar-refractivity contribution is 0.594. The first-order valence-electron chi connectivity index (χ1n) is 4.38. The molecule has 2 rings (SSSR count). The van der Waals surface area contributed by atoms with Crippen LogP contribution in [0, 0.1) is 0 Å². The number of benzene rings is 1. The highest BCUT2D eigenvalue weighted by atomic mass is 32.2. The summed E-state index contributed by atoms with van der Waals surface area (Å²) in [5, 5.41) is 0. The van der Waals surface area contributed by atoms with E-state index in [1.165, 1.54) is 16.4 Å². The molecule has 0 saturated heterocycles. The van der Waals surface area contributed by atoms with E-state index < -0.39 is 10.0 Å². The van der Waals surface area contributed by atoms with Gasteiger partial charge in [0.1, 0.15) is 0 Å². The van der Waals surface area contributed by atoms with Gasteiger partial charge in [0.2, 0.25) is 10.0 Å². The minimum Gasteiger partial charge on any atom is -0.236 e. The van der Waals surface area contributed by atoms with Crippen LogP contribution in [0.5, 0.6) is 0 Å². The molecule has 0 saturated carbocycles. The molecule has 0 aliphatic carbocycles. The van der Waals surface area contributed by atoms with Crippen LogP contribution in [0.25, 0.3) is 11.4 Å². The first-order valence-corrected chi connectivity index (χ1v) is 6.23. The minimum atomic E-state index is -3.28. The van der Waals surface area contributed by atoms with Crippen LogP contribution in [0.1, 0.15) is 0 Å². The van der Waals surface area contributed by atoms with Gasteiger partial charge < -0.3 is 0 Å². The molecule has 5 heteroatoms. The van der Waals surface area contributed by atoms with Gasteiger partial charge >= 0.3 is 0 Å². The molecule has 4 nitrogen and oxygen atoms in total. The molecule has 2 aromatic rings. The Kier molecular flexibility index (Phi) is 2.32. The minimum absolute atomic E-state index is 0.443. The molecule has 0 N–H and O–H groups in total. The summed E-state index contributed by atoms with van der Waals surface area (Å²) in [6.45, 7) is 0. The Hall–Kier alpha value is -1.62. The Morgan fingerprint density at radius 1 is 1.20 bits per heavy atom. The van der Waals surface area contributed by atoms with Crippen LogP contribution >= 0.6 is 0 Å². The summed E-state index contributed by atoms with van der Waals surface area (Å²) in [5.41, 5.74) is 0.785. The van der Waals surface area contributed by atoms with E-state index in [0.29, 0.717) is 5.82 Å². The maximum Gasteiger partial charge on any atom is 0.237 e. The second kappa shape index (κ2) is 3.51. The number of aromatic nitrogens is 2. The molecule has 0 spiro atoms. The van der Waals surface area contributed by atoms with E-state index in [2.05, 4.69) is 4.98 Å². The van der Waals surface area contributed by atoms with Crippen molar-refractivity contribution in [2.24, 2.45) is 0 Å². The molecule has 0 radical (unpaired) electrons. The number of hydrogen-bond donors (Lipinski definition) is 0. The van der Waals surface area contributed by atoms with E-state index in [1.54, 1.807) is 0 Å². The maximum atomic E-state index is 11.4. The summed E-state index contributed by atoms with van der Waals surface area (Å²) < 4.78 is 24.0. The van der Waals surface area contributed by atoms with Gasteiger partial charge in [-0.15, -0.1) is 0 Å². The molecule has 1 aromatic heterocycles. The zero-order chi connectivity index (χ0) is 10.9. The van der Waals surface area contributed by atoms with Gasteiger partial charge in [0.05, 0.1) is 6.26 Å². The largest absolute Gasteiger partial charge is 0.237 e. The fourth-order valence-corrected chi connectivity index (χ4v) is 2.09. The zero-order valence-corrected chi connectivity index (χ0v) is 8.98. The first kappa shape index (κ1) is 9.92. The van der Waals surface area contributed by atoms with Crippen molar-refractivity contribution in [3.05, 3.63) is 42.7 Å². The van der Waals surface area contributed by atoms with Crippen molar-refractivity contribution in [1.29, 1.82) is 0 Å². The van der Waals surface area contributed by atoms with Crippen LogP contribution in [-0.2, 0) is 10.0 Å². The van der Waals surface area contributed by atoms with Crippen LogP contribution < -0.4 is 0 Å². The molecule has 0 aliphatic heterocycles. The monoisotopic (exact) mass is 222 g/mol. The van der Waals surface area contributed by atoms with Crippen LogP contribution in [0.15, 0.2) is 42.7 Å². The first-order chi connectivity index (χ1) is 7.09. The highest BCUT2D eigenvalue weighted by Crippen LogP contribution is 2.17. The lowest BCUT2D eigenvalue weighted by atomic mass is 10.2. The molecule has 15 heavy (non-hydrogen) atoms. The summed E-state index contributed by atoms with van der Waals surface area (Å²) in [7, 11) is -3.28. The van der Waals surface area contributed by atoms with Crippen LogP contribution in [0.4, 0.5) is 0 Å². The standard InChI is InChI=1S/C10H10N2O2S/c1-15(13,14)12-8-7-11-10(12)9-5-3-2-4-6-9/h2-8H,1H3. The molecule has 0 aliphatic rings. The molecule has 1 aromatic carbocycles. The van der Waals surface area contributed by atoms with Gasteiger partial charge in [0, 0.05) is 18.0 Å². The van der Waals surface area contributed by atoms with E-state index in [1.807, 2.05) is 30.3 Å². The third-order valence-corrected chi connectivity index (χ3v) is 3.01. The Morgan fingerprint density at radius 2 is 1.87 bits per heavy atom. The van der Waals surface area contributed by atoms with Crippen molar-refractivity contribution in [3.8, 4) is 11.4 Å². The van der Waals surface area contributed by atoms with Crippen molar-refractivity contribution < 1.29 is 8.42 Å². The molecule has 0 fully saturated rings. The highest BCUT2D eigenvalue weighted by molar-refractivity contribution is 7.89. The topological polar surface area (TPSA) is 52.0 Å². The van der Waals surface area contributed by atoms with Crippen LogP contribution in [0.2, 0.25) is 0 Å². The normalized spacial score (nSPS) is 11.5. The number of nitrogens with zero attached hydrogens (tertiary/aromatic N) is 2. The summed E-state index contributed by atoms with van der Waals surface area (Å²) in [4.78, 5) is 4.04. The smallest absolute Gasteiger partial charge is 0.236 e. The fraction of sp³-hybridized carbons (Fsp3) is 0.100. The fourth-order valence-electron chi connectivity index (χ4n) is 1.35.